The van der Waals surface area contributed by atoms with Crippen LogP contribution in [-0.2, 0) is 13.1 Å². The number of thiophene rings is 1. The molecule has 80 valence electrons. The molecule has 0 spiro atoms. The van der Waals surface area contributed by atoms with Gasteiger partial charge in [-0.05, 0) is 36.7 Å². The fourth-order valence-corrected chi connectivity index (χ4v) is 2.86. The molecule has 0 aliphatic carbocycles. The third kappa shape index (κ3) is 2.04. The van der Waals surface area contributed by atoms with Gasteiger partial charge >= 0.3 is 0 Å². The van der Waals surface area contributed by atoms with E-state index in [-0.39, 0.29) is 0 Å². The number of benzene rings is 1. The first-order valence-corrected chi connectivity index (χ1v) is 5.93. The van der Waals surface area contributed by atoms with Crippen molar-refractivity contribution in [2.75, 3.05) is 14.1 Å². The molecule has 1 aromatic carbocycles. The Morgan fingerprint density at radius 1 is 1.27 bits per heavy atom. The van der Waals surface area contributed by atoms with Gasteiger partial charge in [-0.1, -0.05) is 12.1 Å². The molecule has 0 amide bonds. The van der Waals surface area contributed by atoms with Gasteiger partial charge in [0.2, 0.25) is 0 Å². The average molecular weight is 220 g/mol. The molecule has 0 aliphatic rings. The van der Waals surface area contributed by atoms with Crippen LogP contribution in [0.3, 0.4) is 0 Å². The second-order valence-corrected chi connectivity index (χ2v) is 4.90. The van der Waals surface area contributed by atoms with Crippen molar-refractivity contribution >= 4 is 21.4 Å². The standard InChI is InChI=1S/C12H16N2S/c1-14(2)7-10-8-15-11-5-3-4-9(6-13)12(10)11/h3-5,8H,6-7,13H2,1-2H3. The maximum atomic E-state index is 5.77. The van der Waals surface area contributed by atoms with E-state index in [4.69, 9.17) is 5.73 Å². The third-order valence-corrected chi connectivity index (χ3v) is 3.46. The lowest BCUT2D eigenvalue weighted by Gasteiger charge is -2.09. The van der Waals surface area contributed by atoms with Gasteiger partial charge in [0.1, 0.15) is 0 Å². The van der Waals surface area contributed by atoms with Crippen LogP contribution in [-0.4, -0.2) is 19.0 Å². The molecule has 15 heavy (non-hydrogen) atoms. The minimum atomic E-state index is 0.620. The summed E-state index contributed by atoms with van der Waals surface area (Å²) in [6, 6.07) is 6.37. The Labute approximate surface area is 94.3 Å². The fraction of sp³-hybridized carbons (Fsp3) is 0.333. The zero-order chi connectivity index (χ0) is 10.8. The van der Waals surface area contributed by atoms with Crippen molar-refractivity contribution in [1.82, 2.24) is 4.90 Å². The van der Waals surface area contributed by atoms with E-state index in [1.807, 2.05) is 0 Å². The number of nitrogens with zero attached hydrogens (tertiary/aromatic N) is 1. The van der Waals surface area contributed by atoms with E-state index in [1.54, 1.807) is 11.3 Å². The number of nitrogens with two attached hydrogens (primary N) is 1. The maximum Gasteiger partial charge on any atom is 0.0349 e. The van der Waals surface area contributed by atoms with Crippen LogP contribution in [0.1, 0.15) is 11.1 Å². The summed E-state index contributed by atoms with van der Waals surface area (Å²) in [5, 5.41) is 3.60. The fourth-order valence-electron chi connectivity index (χ4n) is 1.86. The molecule has 0 aliphatic heterocycles. The molecule has 0 radical (unpaired) electrons. The molecule has 1 heterocycles. The average Bonchev–Trinajstić information content (AvgIpc) is 2.61. The van der Waals surface area contributed by atoms with Crippen molar-refractivity contribution < 1.29 is 0 Å². The van der Waals surface area contributed by atoms with E-state index < -0.39 is 0 Å². The molecule has 2 N–H and O–H groups in total. The topological polar surface area (TPSA) is 29.3 Å². The molecule has 1 aromatic heterocycles. The molecular formula is C12H16N2S. The smallest absolute Gasteiger partial charge is 0.0349 e. The van der Waals surface area contributed by atoms with Crippen LogP contribution < -0.4 is 5.73 Å². The van der Waals surface area contributed by atoms with Crippen molar-refractivity contribution in [1.29, 1.82) is 0 Å². The van der Waals surface area contributed by atoms with Crippen LogP contribution in [0.4, 0.5) is 0 Å². The summed E-state index contributed by atoms with van der Waals surface area (Å²) in [5.74, 6) is 0. The zero-order valence-corrected chi connectivity index (χ0v) is 9.97. The summed E-state index contributed by atoms with van der Waals surface area (Å²) in [5.41, 5.74) is 8.41. The molecule has 0 saturated heterocycles. The first-order valence-electron chi connectivity index (χ1n) is 5.05. The van der Waals surface area contributed by atoms with E-state index >= 15 is 0 Å². The molecule has 0 unspecified atom stereocenters. The quantitative estimate of drug-likeness (QED) is 0.860. The Morgan fingerprint density at radius 3 is 2.73 bits per heavy atom. The van der Waals surface area contributed by atoms with Crippen molar-refractivity contribution in [3.8, 4) is 0 Å². The molecule has 3 heteroatoms. The van der Waals surface area contributed by atoms with Gasteiger partial charge in [-0.3, -0.25) is 0 Å². The number of rotatable bonds is 3. The van der Waals surface area contributed by atoms with Crippen molar-refractivity contribution in [2.24, 2.45) is 5.73 Å². The molecular weight excluding hydrogens is 204 g/mol. The van der Waals surface area contributed by atoms with Crippen molar-refractivity contribution in [3.63, 3.8) is 0 Å². The van der Waals surface area contributed by atoms with E-state index in [1.165, 1.54) is 21.2 Å². The van der Waals surface area contributed by atoms with Crippen LogP contribution in [0.25, 0.3) is 10.1 Å². The highest BCUT2D eigenvalue weighted by molar-refractivity contribution is 7.17. The largest absolute Gasteiger partial charge is 0.326 e. The van der Waals surface area contributed by atoms with Gasteiger partial charge < -0.3 is 10.6 Å². The molecule has 0 bridgehead atoms. The Morgan fingerprint density at radius 2 is 2.07 bits per heavy atom. The molecule has 0 atom stereocenters. The summed E-state index contributed by atoms with van der Waals surface area (Å²) in [6.07, 6.45) is 0. The predicted molar refractivity (Wildman–Crippen MR) is 67.1 cm³/mol. The van der Waals surface area contributed by atoms with Crippen LogP contribution >= 0.6 is 11.3 Å². The second kappa shape index (κ2) is 4.31. The second-order valence-electron chi connectivity index (χ2n) is 3.99. The highest BCUT2D eigenvalue weighted by Gasteiger charge is 2.08. The number of hydrogen-bond acceptors (Lipinski definition) is 3. The van der Waals surface area contributed by atoms with Gasteiger partial charge in [0.15, 0.2) is 0 Å². The predicted octanol–water partition coefficient (Wildman–Crippen LogP) is 2.42. The van der Waals surface area contributed by atoms with E-state index in [0.717, 1.165) is 6.54 Å². The van der Waals surface area contributed by atoms with Gasteiger partial charge in [-0.2, -0.15) is 0 Å². The van der Waals surface area contributed by atoms with Crippen LogP contribution in [0.2, 0.25) is 0 Å². The summed E-state index contributed by atoms with van der Waals surface area (Å²) in [7, 11) is 4.18. The van der Waals surface area contributed by atoms with E-state index in [0.29, 0.717) is 6.54 Å². The maximum absolute atomic E-state index is 5.77. The highest BCUT2D eigenvalue weighted by atomic mass is 32.1. The summed E-state index contributed by atoms with van der Waals surface area (Å²) in [6.45, 7) is 1.60. The normalized spacial score (nSPS) is 11.5. The molecule has 2 nitrogen and oxygen atoms in total. The summed E-state index contributed by atoms with van der Waals surface area (Å²) >= 11 is 1.80. The number of hydrogen-bond donors (Lipinski definition) is 1. The summed E-state index contributed by atoms with van der Waals surface area (Å²) in [4.78, 5) is 2.19. The zero-order valence-electron chi connectivity index (χ0n) is 9.16. The monoisotopic (exact) mass is 220 g/mol. The van der Waals surface area contributed by atoms with Gasteiger partial charge in [0, 0.05) is 23.2 Å². The van der Waals surface area contributed by atoms with Crippen LogP contribution in [0, 0.1) is 0 Å². The lowest BCUT2D eigenvalue weighted by Crippen LogP contribution is -2.10. The van der Waals surface area contributed by atoms with Crippen LogP contribution in [0.5, 0.6) is 0 Å². The Balaban J connectivity index is 2.55. The summed E-state index contributed by atoms with van der Waals surface area (Å²) < 4.78 is 1.34. The SMILES string of the molecule is CN(C)Cc1csc2cccc(CN)c12. The third-order valence-electron chi connectivity index (χ3n) is 2.47. The van der Waals surface area contributed by atoms with E-state index in [9.17, 15) is 0 Å². The first kappa shape index (κ1) is 10.6. The first-order chi connectivity index (χ1) is 7.22. The Bertz CT molecular complexity index is 460. The molecule has 0 saturated carbocycles. The van der Waals surface area contributed by atoms with Gasteiger partial charge in [-0.15, -0.1) is 11.3 Å². The van der Waals surface area contributed by atoms with Gasteiger partial charge in [0.05, 0.1) is 0 Å². The Hall–Kier alpha value is -0.900. The van der Waals surface area contributed by atoms with Crippen molar-refractivity contribution in [3.05, 3.63) is 34.7 Å². The minimum Gasteiger partial charge on any atom is -0.326 e. The lowest BCUT2D eigenvalue weighted by molar-refractivity contribution is 0.404. The number of fused-ring (bicyclic) bond motifs is 1. The molecule has 2 rings (SSSR count). The highest BCUT2D eigenvalue weighted by Crippen LogP contribution is 2.29. The van der Waals surface area contributed by atoms with Gasteiger partial charge in [0.25, 0.3) is 0 Å². The lowest BCUT2D eigenvalue weighted by atomic mass is 10.1. The Kier molecular flexibility index (Phi) is 3.05. The van der Waals surface area contributed by atoms with E-state index in [2.05, 4.69) is 42.6 Å². The molecule has 2 aromatic rings. The minimum absolute atomic E-state index is 0.620. The van der Waals surface area contributed by atoms with Gasteiger partial charge in [-0.25, -0.2) is 0 Å². The molecule has 0 fully saturated rings. The van der Waals surface area contributed by atoms with Crippen LogP contribution in [0.15, 0.2) is 23.6 Å². The van der Waals surface area contributed by atoms with Crippen molar-refractivity contribution in [2.45, 2.75) is 13.1 Å².